The van der Waals surface area contributed by atoms with E-state index < -0.39 is 13.3 Å². The molecule has 3 heteroatoms. The molecule has 0 fully saturated rings. The van der Waals surface area contributed by atoms with Crippen molar-refractivity contribution < 1.29 is 0 Å². The van der Waals surface area contributed by atoms with Gasteiger partial charge in [-0.2, -0.15) is 0 Å². The molecule has 9 aromatic rings. The Morgan fingerprint density at radius 2 is 0.788 bits per heavy atom. The van der Waals surface area contributed by atoms with Crippen molar-refractivity contribution in [3.63, 3.8) is 0 Å². The van der Waals surface area contributed by atoms with E-state index in [1.165, 1.54) is 45.0 Å². The molecule has 8 aromatic carbocycles. The fourth-order valence-electron chi connectivity index (χ4n) is 8.02. The van der Waals surface area contributed by atoms with Crippen molar-refractivity contribution in [2.45, 2.75) is 6.92 Å². The Balaban J connectivity index is 1.24. The van der Waals surface area contributed by atoms with Gasteiger partial charge in [-0.3, -0.25) is 0 Å². The molecule has 2 nitrogen and oxygen atoms in total. The van der Waals surface area contributed by atoms with Crippen molar-refractivity contribution in [3.8, 4) is 5.69 Å². The number of aryl methyl sites for hydroxylation is 1. The van der Waals surface area contributed by atoms with Gasteiger partial charge in [0.15, 0.2) is 0 Å². The summed E-state index contributed by atoms with van der Waals surface area (Å²) in [6, 6.07) is 78.3. The minimum atomic E-state index is -3.39. The van der Waals surface area contributed by atoms with Crippen molar-refractivity contribution >= 4 is 69.7 Å². The number of hydrogen-bond acceptors (Lipinski definition) is 1. The van der Waals surface area contributed by atoms with Gasteiger partial charge in [-0.15, -0.1) is 0 Å². The number of rotatable bonds is 8. The molecular weight excluding hydrogens is 689 g/mol. The second-order valence-corrected chi connectivity index (χ2v) is 21.4. The maximum absolute atomic E-state index is 3.39. The van der Waals surface area contributed by atoms with Crippen LogP contribution in [0.25, 0.3) is 27.5 Å². The van der Waals surface area contributed by atoms with Gasteiger partial charge in [-0.05, 0) is 0 Å². The molecule has 0 atom stereocenters. The van der Waals surface area contributed by atoms with Crippen molar-refractivity contribution in [2.75, 3.05) is 4.90 Å². The normalized spacial score (nSPS) is 11.6. The topological polar surface area (TPSA) is 8.17 Å². The van der Waals surface area contributed by atoms with Gasteiger partial charge in [-0.1, -0.05) is 18.2 Å². The molecular formula is C49H38GeN2. The summed E-state index contributed by atoms with van der Waals surface area (Å²) in [4.78, 5) is 2.40. The van der Waals surface area contributed by atoms with Crippen LogP contribution in [0, 0.1) is 6.92 Å². The molecule has 0 saturated carbocycles. The Morgan fingerprint density at radius 1 is 0.365 bits per heavy atom. The van der Waals surface area contributed by atoms with Gasteiger partial charge >= 0.3 is 291 Å². The fraction of sp³-hybridized carbons (Fsp3) is 0.0204. The van der Waals surface area contributed by atoms with Crippen LogP contribution < -0.4 is 22.5 Å². The van der Waals surface area contributed by atoms with E-state index in [2.05, 4.69) is 229 Å². The molecule has 1 heterocycles. The summed E-state index contributed by atoms with van der Waals surface area (Å²) in [5, 5.41) is 2.48. The summed E-state index contributed by atoms with van der Waals surface area (Å²) in [6.45, 7) is 2.15. The standard InChI is InChI=1S/C49H38GeN2/c1-37-26-30-43(31-27-37)51(45-34-35-49-47(36-45)46-24-14-15-25-48(46)52(49)42-22-12-5-13-23-42)44-32-28-41(29-33-44)50(38-16-6-2-7-17-38,39-18-8-3-9-19-39)40-20-10-4-11-21-40/h2-36H,1H3. The fourth-order valence-corrected chi connectivity index (χ4v) is 18.0. The number of aromatic nitrogens is 1. The van der Waals surface area contributed by atoms with E-state index in [-0.39, 0.29) is 0 Å². The Labute approximate surface area is 308 Å². The van der Waals surface area contributed by atoms with E-state index in [4.69, 9.17) is 0 Å². The third-order valence-electron chi connectivity index (χ3n) is 10.4. The molecule has 0 saturated heterocycles. The molecule has 0 spiro atoms. The van der Waals surface area contributed by atoms with Gasteiger partial charge < -0.3 is 0 Å². The summed E-state index contributed by atoms with van der Waals surface area (Å²) in [7, 11) is 0. The summed E-state index contributed by atoms with van der Waals surface area (Å²) >= 11 is -3.39. The zero-order valence-electron chi connectivity index (χ0n) is 29.1. The van der Waals surface area contributed by atoms with Crippen molar-refractivity contribution in [3.05, 3.63) is 218 Å². The van der Waals surface area contributed by atoms with E-state index >= 15 is 0 Å². The second-order valence-electron chi connectivity index (χ2n) is 13.5. The minimum absolute atomic E-state index is 1.13. The van der Waals surface area contributed by atoms with Crippen molar-refractivity contribution in [1.82, 2.24) is 4.57 Å². The molecule has 0 N–H and O–H groups in total. The zero-order chi connectivity index (χ0) is 34.9. The first-order valence-corrected chi connectivity index (χ1v) is 22.1. The Bertz CT molecular complexity index is 2500. The number of nitrogens with zero attached hydrogens (tertiary/aromatic N) is 2. The van der Waals surface area contributed by atoms with Crippen LogP contribution in [-0.4, -0.2) is 17.8 Å². The van der Waals surface area contributed by atoms with Crippen LogP contribution >= 0.6 is 0 Å². The van der Waals surface area contributed by atoms with Gasteiger partial charge in [0.05, 0.1) is 0 Å². The van der Waals surface area contributed by atoms with Crippen LogP contribution in [0.15, 0.2) is 212 Å². The van der Waals surface area contributed by atoms with Crippen LogP contribution in [0.4, 0.5) is 17.1 Å². The van der Waals surface area contributed by atoms with E-state index in [1.54, 1.807) is 0 Å². The maximum atomic E-state index is 2.41. The Morgan fingerprint density at radius 3 is 1.35 bits per heavy atom. The number of hydrogen-bond donors (Lipinski definition) is 0. The molecule has 52 heavy (non-hydrogen) atoms. The van der Waals surface area contributed by atoms with Crippen molar-refractivity contribution in [2.24, 2.45) is 0 Å². The predicted octanol–water partition coefficient (Wildman–Crippen LogP) is 9.94. The average Bonchev–Trinajstić information content (AvgIpc) is 3.55. The molecule has 0 aliphatic rings. The molecule has 0 aliphatic heterocycles. The van der Waals surface area contributed by atoms with Gasteiger partial charge in [0, 0.05) is 0 Å². The van der Waals surface area contributed by atoms with E-state index in [9.17, 15) is 0 Å². The van der Waals surface area contributed by atoms with Crippen molar-refractivity contribution in [1.29, 1.82) is 0 Å². The first-order valence-electron chi connectivity index (χ1n) is 17.9. The predicted molar refractivity (Wildman–Crippen MR) is 224 cm³/mol. The van der Waals surface area contributed by atoms with E-state index in [0.29, 0.717) is 0 Å². The van der Waals surface area contributed by atoms with Gasteiger partial charge in [0.2, 0.25) is 0 Å². The first-order chi connectivity index (χ1) is 25.7. The summed E-state index contributed by atoms with van der Waals surface area (Å²) < 4.78 is 8.04. The molecule has 0 bridgehead atoms. The Kier molecular flexibility index (Phi) is 8.30. The molecule has 0 aliphatic carbocycles. The molecule has 0 amide bonds. The molecule has 0 unspecified atom stereocenters. The molecule has 1 aromatic heterocycles. The molecule has 9 rings (SSSR count). The van der Waals surface area contributed by atoms with Gasteiger partial charge in [0.25, 0.3) is 0 Å². The third-order valence-corrected chi connectivity index (χ3v) is 20.5. The zero-order valence-corrected chi connectivity index (χ0v) is 31.2. The molecule has 0 radical (unpaired) electrons. The average molecular weight is 727 g/mol. The van der Waals surface area contributed by atoms with Crippen LogP contribution in [0.1, 0.15) is 5.56 Å². The van der Waals surface area contributed by atoms with Crippen LogP contribution in [-0.2, 0) is 0 Å². The van der Waals surface area contributed by atoms with Crippen LogP contribution in [0.3, 0.4) is 0 Å². The number of benzene rings is 8. The van der Waals surface area contributed by atoms with E-state index in [0.717, 1.165) is 22.7 Å². The van der Waals surface area contributed by atoms with Crippen LogP contribution in [0.2, 0.25) is 0 Å². The SMILES string of the molecule is Cc1ccc(N(c2cc[c]([Ge]([c]3ccccc3)([c]3ccccc3)[c]3ccccc3)cc2)c2ccc3c(c2)c2ccccc2n3-c2ccccc2)cc1. The summed E-state index contributed by atoms with van der Waals surface area (Å²) in [6.07, 6.45) is 0. The quantitative estimate of drug-likeness (QED) is 0.142. The first kappa shape index (κ1) is 31.9. The van der Waals surface area contributed by atoms with E-state index in [1.807, 2.05) is 0 Å². The molecule has 248 valence electrons. The number of para-hydroxylation sites is 2. The Hall–Kier alpha value is -6.10. The number of fused-ring (bicyclic) bond motifs is 3. The third kappa shape index (κ3) is 5.44. The van der Waals surface area contributed by atoms with Crippen LogP contribution in [0.5, 0.6) is 0 Å². The summed E-state index contributed by atoms with van der Waals surface area (Å²) in [5.41, 5.74) is 8.20. The second kappa shape index (κ2) is 13.6. The number of anilines is 3. The summed E-state index contributed by atoms with van der Waals surface area (Å²) in [5.74, 6) is 0. The monoisotopic (exact) mass is 728 g/mol. The van der Waals surface area contributed by atoms with Gasteiger partial charge in [-0.25, -0.2) is 0 Å². The van der Waals surface area contributed by atoms with Gasteiger partial charge in [0.1, 0.15) is 0 Å².